The number of carbonyl (C=O) groups excluding carboxylic acids is 1. The summed E-state index contributed by atoms with van der Waals surface area (Å²) in [6, 6.07) is 9.51. The lowest BCUT2D eigenvalue weighted by Gasteiger charge is -2.17. The number of benzene rings is 1. The number of nitrogens with zero attached hydrogens (tertiary/aromatic N) is 1. The SMILES string of the molecule is CC1CCc2c(sc(NC(=O)/C=C/c3ccc(Cl)cc3)c2C#N)C1. The number of halogens is 1. The number of carbonyl (C=O) groups is 1. The molecule has 3 nitrogen and oxygen atoms in total. The van der Waals surface area contributed by atoms with Gasteiger partial charge in [0, 0.05) is 16.0 Å². The fourth-order valence-corrected chi connectivity index (χ4v) is 4.35. The van der Waals surface area contributed by atoms with E-state index in [1.54, 1.807) is 18.2 Å². The monoisotopic (exact) mass is 356 g/mol. The van der Waals surface area contributed by atoms with Gasteiger partial charge < -0.3 is 5.32 Å². The number of thiophene rings is 1. The van der Waals surface area contributed by atoms with Crippen molar-refractivity contribution < 1.29 is 4.79 Å². The van der Waals surface area contributed by atoms with Crippen molar-refractivity contribution in [1.82, 2.24) is 0 Å². The van der Waals surface area contributed by atoms with E-state index in [1.807, 2.05) is 12.1 Å². The van der Waals surface area contributed by atoms with E-state index < -0.39 is 0 Å². The standard InChI is InChI=1S/C19H17ClN2OS/c1-12-2-8-15-16(11-21)19(24-17(15)10-12)22-18(23)9-5-13-3-6-14(20)7-4-13/h3-7,9,12H,2,8,10H2,1H3,(H,22,23)/b9-5+. The summed E-state index contributed by atoms with van der Waals surface area (Å²) in [5.74, 6) is 0.407. The van der Waals surface area contributed by atoms with Gasteiger partial charge >= 0.3 is 0 Å². The van der Waals surface area contributed by atoms with E-state index in [0.717, 1.165) is 30.4 Å². The topological polar surface area (TPSA) is 52.9 Å². The van der Waals surface area contributed by atoms with Crippen LogP contribution in [0, 0.1) is 17.2 Å². The molecule has 5 heteroatoms. The molecule has 0 saturated carbocycles. The molecule has 0 bridgehead atoms. The molecular weight excluding hydrogens is 340 g/mol. The van der Waals surface area contributed by atoms with Crippen molar-refractivity contribution in [1.29, 1.82) is 5.26 Å². The first kappa shape index (κ1) is 16.8. The van der Waals surface area contributed by atoms with E-state index in [1.165, 1.54) is 22.3 Å². The van der Waals surface area contributed by atoms with Crippen LogP contribution < -0.4 is 5.32 Å². The van der Waals surface area contributed by atoms with Crippen LogP contribution >= 0.6 is 22.9 Å². The summed E-state index contributed by atoms with van der Waals surface area (Å²) in [6.07, 6.45) is 6.22. The van der Waals surface area contributed by atoms with Gasteiger partial charge in [0.1, 0.15) is 11.1 Å². The number of anilines is 1. The molecule has 1 heterocycles. The largest absolute Gasteiger partial charge is 0.313 e. The van der Waals surface area contributed by atoms with Crippen LogP contribution in [-0.4, -0.2) is 5.91 Å². The molecule has 1 aromatic carbocycles. The molecule has 1 aliphatic carbocycles. The third kappa shape index (κ3) is 3.69. The Hall–Kier alpha value is -2.09. The molecule has 0 saturated heterocycles. The Morgan fingerprint density at radius 1 is 1.42 bits per heavy atom. The molecule has 1 aromatic heterocycles. The van der Waals surface area contributed by atoms with Gasteiger partial charge in [0.05, 0.1) is 5.56 Å². The van der Waals surface area contributed by atoms with Crippen LogP contribution in [0.2, 0.25) is 5.02 Å². The first-order chi connectivity index (χ1) is 11.6. The molecule has 0 radical (unpaired) electrons. The number of nitrogens with one attached hydrogen (secondary N) is 1. The maximum absolute atomic E-state index is 12.2. The minimum Gasteiger partial charge on any atom is -0.313 e. The van der Waals surface area contributed by atoms with Crippen molar-refractivity contribution in [3.63, 3.8) is 0 Å². The molecule has 0 aliphatic heterocycles. The normalized spacial score (nSPS) is 16.6. The summed E-state index contributed by atoms with van der Waals surface area (Å²) >= 11 is 7.38. The number of fused-ring (bicyclic) bond motifs is 1. The maximum Gasteiger partial charge on any atom is 0.249 e. The van der Waals surface area contributed by atoms with Crippen LogP contribution in [0.15, 0.2) is 30.3 Å². The average Bonchev–Trinajstić information content (AvgIpc) is 2.90. The molecule has 0 fully saturated rings. The highest BCUT2D eigenvalue weighted by Gasteiger charge is 2.24. The zero-order chi connectivity index (χ0) is 17.1. The Morgan fingerprint density at radius 2 is 2.17 bits per heavy atom. The van der Waals surface area contributed by atoms with Gasteiger partial charge in [-0.1, -0.05) is 30.7 Å². The van der Waals surface area contributed by atoms with Crippen LogP contribution in [0.25, 0.3) is 6.08 Å². The smallest absolute Gasteiger partial charge is 0.249 e. The fraction of sp³-hybridized carbons (Fsp3) is 0.263. The summed E-state index contributed by atoms with van der Waals surface area (Å²) in [5, 5.41) is 13.6. The molecule has 0 spiro atoms. The van der Waals surface area contributed by atoms with Crippen LogP contribution in [0.5, 0.6) is 0 Å². The van der Waals surface area contributed by atoms with E-state index in [0.29, 0.717) is 21.5 Å². The average molecular weight is 357 g/mol. The van der Waals surface area contributed by atoms with Gasteiger partial charge in [0.25, 0.3) is 0 Å². The highest BCUT2D eigenvalue weighted by molar-refractivity contribution is 7.16. The summed E-state index contributed by atoms with van der Waals surface area (Å²) in [5.41, 5.74) is 2.65. The van der Waals surface area contributed by atoms with Crippen molar-refractivity contribution in [3.05, 3.63) is 56.9 Å². The summed E-state index contributed by atoms with van der Waals surface area (Å²) < 4.78 is 0. The van der Waals surface area contributed by atoms with Crippen LogP contribution in [-0.2, 0) is 17.6 Å². The van der Waals surface area contributed by atoms with Gasteiger partial charge in [-0.05, 0) is 54.5 Å². The number of rotatable bonds is 3. The molecule has 2 aromatic rings. The van der Waals surface area contributed by atoms with E-state index >= 15 is 0 Å². The molecular formula is C19H17ClN2OS. The van der Waals surface area contributed by atoms with Gasteiger partial charge in [-0.15, -0.1) is 11.3 Å². The second kappa shape index (κ2) is 7.21. The highest BCUT2D eigenvalue weighted by atomic mass is 35.5. The Kier molecular flexibility index (Phi) is 5.03. The molecule has 24 heavy (non-hydrogen) atoms. The van der Waals surface area contributed by atoms with Crippen LogP contribution in [0.4, 0.5) is 5.00 Å². The third-order valence-corrected chi connectivity index (χ3v) is 5.58. The Labute approximate surface area is 150 Å². The lowest BCUT2D eigenvalue weighted by molar-refractivity contribution is -0.111. The second-order valence-electron chi connectivity index (χ2n) is 6.04. The van der Waals surface area contributed by atoms with E-state index in [9.17, 15) is 10.1 Å². The van der Waals surface area contributed by atoms with Crippen molar-refractivity contribution in [2.75, 3.05) is 5.32 Å². The van der Waals surface area contributed by atoms with Crippen molar-refractivity contribution in [2.45, 2.75) is 26.2 Å². The van der Waals surface area contributed by atoms with Crippen LogP contribution in [0.1, 0.15) is 34.9 Å². The lowest BCUT2D eigenvalue weighted by Crippen LogP contribution is -2.10. The molecule has 3 rings (SSSR count). The van der Waals surface area contributed by atoms with Gasteiger partial charge in [-0.3, -0.25) is 4.79 Å². The van der Waals surface area contributed by atoms with Gasteiger partial charge in [-0.25, -0.2) is 0 Å². The first-order valence-corrected chi connectivity index (χ1v) is 9.05. The van der Waals surface area contributed by atoms with Crippen LogP contribution in [0.3, 0.4) is 0 Å². The highest BCUT2D eigenvalue weighted by Crippen LogP contribution is 2.39. The predicted molar refractivity (Wildman–Crippen MR) is 99.3 cm³/mol. The van der Waals surface area contributed by atoms with E-state index in [2.05, 4.69) is 18.3 Å². The molecule has 1 unspecified atom stereocenters. The number of hydrogen-bond acceptors (Lipinski definition) is 3. The Morgan fingerprint density at radius 3 is 2.88 bits per heavy atom. The summed E-state index contributed by atoms with van der Waals surface area (Å²) in [6.45, 7) is 2.22. The van der Waals surface area contributed by atoms with Crippen molar-refractivity contribution >= 4 is 39.9 Å². The Bertz CT molecular complexity index is 830. The van der Waals surface area contributed by atoms with E-state index in [-0.39, 0.29) is 5.91 Å². The zero-order valence-corrected chi connectivity index (χ0v) is 14.9. The number of hydrogen-bond donors (Lipinski definition) is 1. The molecule has 1 amide bonds. The lowest BCUT2D eigenvalue weighted by atomic mass is 9.89. The fourth-order valence-electron chi connectivity index (χ4n) is 2.86. The number of nitriles is 1. The van der Waals surface area contributed by atoms with Crippen molar-refractivity contribution in [3.8, 4) is 6.07 Å². The molecule has 1 atom stereocenters. The summed E-state index contributed by atoms with van der Waals surface area (Å²) in [7, 11) is 0. The Balaban J connectivity index is 1.75. The summed E-state index contributed by atoms with van der Waals surface area (Å²) in [4.78, 5) is 13.4. The van der Waals surface area contributed by atoms with E-state index in [4.69, 9.17) is 11.6 Å². The van der Waals surface area contributed by atoms with Gasteiger partial charge in [0.15, 0.2) is 0 Å². The first-order valence-electron chi connectivity index (χ1n) is 7.86. The molecule has 1 N–H and O–H groups in total. The van der Waals surface area contributed by atoms with Gasteiger partial charge in [-0.2, -0.15) is 5.26 Å². The molecule has 1 aliphatic rings. The minimum atomic E-state index is -0.229. The van der Waals surface area contributed by atoms with Gasteiger partial charge in [0.2, 0.25) is 5.91 Å². The predicted octanol–water partition coefficient (Wildman–Crippen LogP) is 5.05. The van der Waals surface area contributed by atoms with Crippen molar-refractivity contribution in [2.24, 2.45) is 5.92 Å². The second-order valence-corrected chi connectivity index (χ2v) is 7.58. The zero-order valence-electron chi connectivity index (χ0n) is 13.3. The minimum absolute atomic E-state index is 0.229. The molecule has 122 valence electrons. The number of amides is 1. The maximum atomic E-state index is 12.2. The third-order valence-electron chi connectivity index (χ3n) is 4.16. The quantitative estimate of drug-likeness (QED) is 0.782.